The SMILES string of the molecule is COc1cccc(-c2cc(=S)c3cc(OC)ccc3o2)c1. The van der Waals surface area contributed by atoms with Gasteiger partial charge in [0.1, 0.15) is 22.8 Å². The van der Waals surface area contributed by atoms with E-state index in [1.54, 1.807) is 14.2 Å². The van der Waals surface area contributed by atoms with Crippen molar-refractivity contribution in [1.29, 1.82) is 0 Å². The Hall–Kier alpha value is -2.33. The van der Waals surface area contributed by atoms with Crippen LogP contribution in [0.2, 0.25) is 0 Å². The average Bonchev–Trinajstić information content (AvgIpc) is 2.54. The fraction of sp³-hybridized carbons (Fsp3) is 0.118. The molecule has 4 heteroatoms. The second-order valence-corrected chi connectivity index (χ2v) is 5.01. The van der Waals surface area contributed by atoms with E-state index in [0.29, 0.717) is 0 Å². The van der Waals surface area contributed by atoms with Crippen molar-refractivity contribution in [3.63, 3.8) is 0 Å². The van der Waals surface area contributed by atoms with Crippen molar-refractivity contribution in [2.24, 2.45) is 0 Å². The van der Waals surface area contributed by atoms with Crippen LogP contribution in [0.1, 0.15) is 0 Å². The minimum atomic E-state index is 0.719. The summed E-state index contributed by atoms with van der Waals surface area (Å²) in [5.41, 5.74) is 1.67. The highest BCUT2D eigenvalue weighted by molar-refractivity contribution is 7.71. The van der Waals surface area contributed by atoms with E-state index in [4.69, 9.17) is 26.1 Å². The van der Waals surface area contributed by atoms with E-state index >= 15 is 0 Å². The molecule has 3 nitrogen and oxygen atoms in total. The fourth-order valence-corrected chi connectivity index (χ4v) is 2.45. The predicted molar refractivity (Wildman–Crippen MR) is 85.6 cm³/mol. The third kappa shape index (κ3) is 2.62. The molecule has 0 fully saturated rings. The number of fused-ring (bicyclic) bond motifs is 1. The second-order valence-electron chi connectivity index (χ2n) is 4.57. The van der Waals surface area contributed by atoms with Crippen molar-refractivity contribution in [2.75, 3.05) is 14.2 Å². The maximum atomic E-state index is 5.95. The van der Waals surface area contributed by atoms with Crippen molar-refractivity contribution in [2.45, 2.75) is 0 Å². The number of methoxy groups -OCH3 is 2. The first kappa shape index (κ1) is 13.6. The summed E-state index contributed by atoms with van der Waals surface area (Å²) in [7, 11) is 3.27. The quantitative estimate of drug-likeness (QED) is 0.647. The zero-order chi connectivity index (χ0) is 14.8. The lowest BCUT2D eigenvalue weighted by molar-refractivity contribution is 0.415. The zero-order valence-corrected chi connectivity index (χ0v) is 12.6. The Balaban J connectivity index is 2.18. The molecule has 0 saturated carbocycles. The van der Waals surface area contributed by atoms with E-state index in [0.717, 1.165) is 38.3 Å². The molecule has 0 spiro atoms. The second kappa shape index (κ2) is 5.58. The first-order chi connectivity index (χ1) is 10.2. The number of ether oxygens (including phenoxy) is 2. The van der Waals surface area contributed by atoms with Gasteiger partial charge in [-0.1, -0.05) is 24.4 Å². The molecule has 0 amide bonds. The lowest BCUT2D eigenvalue weighted by Gasteiger charge is -2.07. The molecule has 0 aliphatic rings. The van der Waals surface area contributed by atoms with Gasteiger partial charge in [0.2, 0.25) is 0 Å². The van der Waals surface area contributed by atoms with Gasteiger partial charge in [-0.05, 0) is 30.3 Å². The van der Waals surface area contributed by atoms with Crippen LogP contribution in [-0.2, 0) is 0 Å². The van der Waals surface area contributed by atoms with Gasteiger partial charge in [-0.3, -0.25) is 0 Å². The lowest BCUT2D eigenvalue weighted by atomic mass is 10.1. The number of hydrogen-bond acceptors (Lipinski definition) is 4. The van der Waals surface area contributed by atoms with Gasteiger partial charge in [-0.25, -0.2) is 0 Å². The Labute approximate surface area is 127 Å². The van der Waals surface area contributed by atoms with Crippen LogP contribution >= 0.6 is 12.2 Å². The van der Waals surface area contributed by atoms with Crippen LogP contribution in [0.15, 0.2) is 52.9 Å². The van der Waals surface area contributed by atoms with E-state index in [1.807, 2.05) is 48.5 Å². The third-order valence-corrected chi connectivity index (χ3v) is 3.63. The first-order valence-corrected chi connectivity index (χ1v) is 6.88. The molecule has 3 aromatic rings. The molecule has 3 rings (SSSR count). The normalized spacial score (nSPS) is 10.6. The Kier molecular flexibility index (Phi) is 3.62. The number of rotatable bonds is 3. The van der Waals surface area contributed by atoms with Gasteiger partial charge in [-0.15, -0.1) is 0 Å². The summed E-state index contributed by atoms with van der Waals surface area (Å²) in [5.74, 6) is 2.26. The summed E-state index contributed by atoms with van der Waals surface area (Å²) in [5, 5.41) is 0.871. The largest absolute Gasteiger partial charge is 0.497 e. The molecule has 0 unspecified atom stereocenters. The third-order valence-electron chi connectivity index (χ3n) is 3.29. The van der Waals surface area contributed by atoms with Gasteiger partial charge in [-0.2, -0.15) is 0 Å². The molecule has 0 atom stereocenters. The van der Waals surface area contributed by atoms with E-state index < -0.39 is 0 Å². The standard InChI is InChI=1S/C17H14O3S/c1-18-12-5-3-4-11(8-12)16-10-17(21)14-9-13(19-2)6-7-15(14)20-16/h3-10H,1-2H3. The Morgan fingerprint density at radius 3 is 2.43 bits per heavy atom. The molecular formula is C17H14O3S. The van der Waals surface area contributed by atoms with Crippen LogP contribution in [-0.4, -0.2) is 14.2 Å². The van der Waals surface area contributed by atoms with Crippen molar-refractivity contribution >= 4 is 23.2 Å². The predicted octanol–water partition coefficient (Wildman–Crippen LogP) is 4.85. The molecule has 0 saturated heterocycles. The summed E-state index contributed by atoms with van der Waals surface area (Å²) in [6, 6.07) is 15.2. The van der Waals surface area contributed by atoms with E-state index in [1.165, 1.54) is 0 Å². The van der Waals surface area contributed by atoms with Crippen LogP contribution in [0.5, 0.6) is 11.5 Å². The Morgan fingerprint density at radius 1 is 0.905 bits per heavy atom. The molecule has 0 radical (unpaired) electrons. The van der Waals surface area contributed by atoms with Crippen LogP contribution in [0.25, 0.3) is 22.3 Å². The van der Waals surface area contributed by atoms with Crippen molar-refractivity contribution in [1.82, 2.24) is 0 Å². The van der Waals surface area contributed by atoms with Crippen molar-refractivity contribution in [3.05, 3.63) is 53.0 Å². The maximum absolute atomic E-state index is 5.95. The first-order valence-electron chi connectivity index (χ1n) is 6.47. The summed E-state index contributed by atoms with van der Waals surface area (Å²) >= 11 is 5.46. The monoisotopic (exact) mass is 298 g/mol. The highest BCUT2D eigenvalue weighted by Gasteiger charge is 2.07. The molecule has 2 aromatic carbocycles. The topological polar surface area (TPSA) is 31.6 Å². The highest BCUT2D eigenvalue weighted by atomic mass is 32.1. The van der Waals surface area contributed by atoms with Gasteiger partial charge in [0.25, 0.3) is 0 Å². The lowest BCUT2D eigenvalue weighted by Crippen LogP contribution is -1.86. The average molecular weight is 298 g/mol. The molecule has 0 N–H and O–H groups in total. The molecule has 21 heavy (non-hydrogen) atoms. The smallest absolute Gasteiger partial charge is 0.136 e. The van der Waals surface area contributed by atoms with Gasteiger partial charge < -0.3 is 13.9 Å². The molecule has 0 aliphatic carbocycles. The van der Waals surface area contributed by atoms with Crippen LogP contribution in [0.3, 0.4) is 0 Å². The molecular weight excluding hydrogens is 284 g/mol. The summed E-state index contributed by atoms with van der Waals surface area (Å²) in [4.78, 5) is 0. The zero-order valence-electron chi connectivity index (χ0n) is 11.8. The molecule has 1 heterocycles. The molecule has 106 valence electrons. The summed E-state index contributed by atoms with van der Waals surface area (Å²) in [6.07, 6.45) is 0. The van der Waals surface area contributed by atoms with Crippen LogP contribution < -0.4 is 9.47 Å². The molecule has 1 aromatic heterocycles. The molecule has 0 bridgehead atoms. The Bertz CT molecular complexity index is 852. The van der Waals surface area contributed by atoms with Gasteiger partial charge in [0, 0.05) is 17.0 Å². The van der Waals surface area contributed by atoms with Crippen LogP contribution in [0.4, 0.5) is 0 Å². The van der Waals surface area contributed by atoms with Gasteiger partial charge in [0.15, 0.2) is 0 Å². The summed E-state index contributed by atoms with van der Waals surface area (Å²) in [6.45, 7) is 0. The van der Waals surface area contributed by atoms with Crippen molar-refractivity contribution in [3.8, 4) is 22.8 Å². The maximum Gasteiger partial charge on any atom is 0.136 e. The van der Waals surface area contributed by atoms with Crippen molar-refractivity contribution < 1.29 is 13.9 Å². The number of benzene rings is 2. The summed E-state index contributed by atoms with van der Waals surface area (Å²) < 4.78 is 17.1. The van der Waals surface area contributed by atoms with Gasteiger partial charge >= 0.3 is 0 Å². The highest BCUT2D eigenvalue weighted by Crippen LogP contribution is 2.29. The van der Waals surface area contributed by atoms with E-state index in [2.05, 4.69) is 0 Å². The van der Waals surface area contributed by atoms with E-state index in [9.17, 15) is 0 Å². The van der Waals surface area contributed by atoms with Crippen LogP contribution in [0, 0.1) is 4.51 Å². The van der Waals surface area contributed by atoms with Gasteiger partial charge in [0.05, 0.1) is 18.7 Å². The van der Waals surface area contributed by atoms with E-state index in [-0.39, 0.29) is 0 Å². The molecule has 0 aliphatic heterocycles. The Morgan fingerprint density at radius 2 is 1.67 bits per heavy atom. The minimum Gasteiger partial charge on any atom is -0.497 e. The fourth-order valence-electron chi connectivity index (χ4n) is 2.18. The minimum absolute atomic E-state index is 0.719. The number of hydrogen-bond donors (Lipinski definition) is 0.